The van der Waals surface area contributed by atoms with Crippen LogP contribution in [0.4, 0.5) is 17.6 Å². The molecule has 0 saturated carbocycles. The van der Waals surface area contributed by atoms with Gasteiger partial charge in [-0.15, -0.1) is 0 Å². The second-order valence-corrected chi connectivity index (χ2v) is 6.87. The average Bonchev–Trinajstić information content (AvgIpc) is 2.99. The van der Waals surface area contributed by atoms with Crippen LogP contribution in [0.25, 0.3) is 6.08 Å². The van der Waals surface area contributed by atoms with Crippen LogP contribution >= 0.6 is 23.2 Å². The summed E-state index contributed by atoms with van der Waals surface area (Å²) < 4.78 is 53.9. The lowest BCUT2D eigenvalue weighted by atomic mass is 9.96. The summed E-state index contributed by atoms with van der Waals surface area (Å²) in [6.07, 6.45) is 0.969. The highest BCUT2D eigenvalue weighted by Gasteiger charge is 2.39. The Labute approximate surface area is 153 Å². The van der Waals surface area contributed by atoms with E-state index in [1.54, 1.807) is 6.07 Å². The van der Waals surface area contributed by atoms with Crippen LogP contribution in [0.15, 0.2) is 36.4 Å². The summed E-state index contributed by atoms with van der Waals surface area (Å²) in [7, 11) is 0. The molecule has 0 heterocycles. The van der Waals surface area contributed by atoms with E-state index in [0.29, 0.717) is 5.56 Å². The van der Waals surface area contributed by atoms with Gasteiger partial charge in [0.25, 0.3) is 0 Å². The molecule has 1 aliphatic rings. The summed E-state index contributed by atoms with van der Waals surface area (Å²) in [4.78, 5) is 0. The van der Waals surface area contributed by atoms with E-state index < -0.39 is 28.0 Å². The van der Waals surface area contributed by atoms with E-state index in [2.05, 4.69) is 0 Å². The van der Waals surface area contributed by atoms with Crippen LogP contribution in [-0.2, 0) is 12.8 Å². The molecule has 0 saturated heterocycles. The number of alkyl halides is 3. The summed E-state index contributed by atoms with van der Waals surface area (Å²) in [5.41, 5.74) is 2.94. The van der Waals surface area contributed by atoms with Gasteiger partial charge in [0.2, 0.25) is 0 Å². The number of fused-ring (bicyclic) bond motifs is 1. The van der Waals surface area contributed by atoms with E-state index in [-0.39, 0.29) is 5.56 Å². The first-order valence-electron chi connectivity index (χ1n) is 7.77. The molecular weight excluding hydrogens is 375 g/mol. The topological polar surface area (TPSA) is 0 Å². The van der Waals surface area contributed by atoms with Crippen molar-refractivity contribution in [2.24, 2.45) is 0 Å². The molecule has 1 aliphatic carbocycles. The fraction of sp³-hybridized carbons (Fsp3) is 0.263. The van der Waals surface area contributed by atoms with Gasteiger partial charge in [-0.2, -0.15) is 13.2 Å². The number of halogens is 6. The highest BCUT2D eigenvalue weighted by Crippen LogP contribution is 2.39. The molecule has 0 radical (unpaired) electrons. The fourth-order valence-electron chi connectivity index (χ4n) is 3.07. The van der Waals surface area contributed by atoms with Crippen LogP contribution in [0, 0.1) is 5.82 Å². The molecule has 0 aromatic heterocycles. The van der Waals surface area contributed by atoms with Crippen molar-refractivity contribution >= 4 is 29.3 Å². The van der Waals surface area contributed by atoms with Crippen LogP contribution in [0.5, 0.6) is 0 Å². The van der Waals surface area contributed by atoms with E-state index in [1.807, 2.05) is 12.1 Å². The monoisotopic (exact) mass is 388 g/mol. The number of hydrogen-bond donors (Lipinski definition) is 0. The Balaban J connectivity index is 1.95. The van der Waals surface area contributed by atoms with Crippen molar-refractivity contribution in [3.05, 3.63) is 74.5 Å². The fourth-order valence-corrected chi connectivity index (χ4v) is 3.57. The first kappa shape index (κ1) is 18.3. The lowest BCUT2D eigenvalue weighted by Gasteiger charge is -2.18. The van der Waals surface area contributed by atoms with Crippen molar-refractivity contribution < 1.29 is 17.6 Å². The molecule has 0 nitrogen and oxygen atoms in total. The zero-order valence-electron chi connectivity index (χ0n) is 13.0. The molecule has 0 amide bonds. The van der Waals surface area contributed by atoms with Gasteiger partial charge in [0, 0.05) is 0 Å². The SMILES string of the molecule is Fc1c(Cl)cc(C(C=Cc2ccc3c(c2)CCC3)C(F)(F)F)cc1Cl. The van der Waals surface area contributed by atoms with Crippen LogP contribution in [0.3, 0.4) is 0 Å². The van der Waals surface area contributed by atoms with Crippen molar-refractivity contribution in [2.75, 3.05) is 0 Å². The minimum atomic E-state index is -4.54. The number of benzene rings is 2. The highest BCUT2D eigenvalue weighted by molar-refractivity contribution is 6.35. The van der Waals surface area contributed by atoms with Gasteiger partial charge in [-0.25, -0.2) is 4.39 Å². The lowest BCUT2D eigenvalue weighted by molar-refractivity contribution is -0.139. The van der Waals surface area contributed by atoms with Gasteiger partial charge in [-0.1, -0.05) is 53.6 Å². The highest BCUT2D eigenvalue weighted by atomic mass is 35.5. The van der Waals surface area contributed by atoms with E-state index in [9.17, 15) is 17.6 Å². The van der Waals surface area contributed by atoms with Gasteiger partial charge >= 0.3 is 6.18 Å². The quantitative estimate of drug-likeness (QED) is 0.392. The van der Waals surface area contributed by atoms with Gasteiger partial charge in [0.1, 0.15) is 0 Å². The summed E-state index contributed by atoms with van der Waals surface area (Å²) in [5, 5.41) is -0.856. The summed E-state index contributed by atoms with van der Waals surface area (Å²) in [6, 6.07) is 7.60. The Bertz CT molecular complexity index is 802. The maximum atomic E-state index is 13.5. The lowest BCUT2D eigenvalue weighted by Crippen LogP contribution is -2.19. The van der Waals surface area contributed by atoms with E-state index in [4.69, 9.17) is 23.2 Å². The minimum absolute atomic E-state index is 0.193. The Hall–Kier alpha value is -1.52. The number of allylic oxidation sites excluding steroid dienone is 1. The minimum Gasteiger partial charge on any atom is -0.204 e. The van der Waals surface area contributed by atoms with E-state index in [0.717, 1.165) is 37.5 Å². The first-order valence-corrected chi connectivity index (χ1v) is 8.52. The predicted octanol–water partition coefficient (Wildman–Crippen LogP) is 6.98. The summed E-state index contributed by atoms with van der Waals surface area (Å²) >= 11 is 11.3. The van der Waals surface area contributed by atoms with Crippen molar-refractivity contribution in [1.82, 2.24) is 0 Å². The largest absolute Gasteiger partial charge is 0.399 e. The zero-order chi connectivity index (χ0) is 18.2. The van der Waals surface area contributed by atoms with Crippen LogP contribution in [-0.4, -0.2) is 6.18 Å². The Morgan fingerprint density at radius 1 is 0.960 bits per heavy atom. The predicted molar refractivity (Wildman–Crippen MR) is 92.7 cm³/mol. The first-order chi connectivity index (χ1) is 11.8. The Morgan fingerprint density at radius 3 is 2.24 bits per heavy atom. The summed E-state index contributed by atoms with van der Waals surface area (Å²) in [5.74, 6) is -2.84. The van der Waals surface area contributed by atoms with Crippen molar-refractivity contribution in [2.45, 2.75) is 31.4 Å². The molecule has 25 heavy (non-hydrogen) atoms. The molecule has 2 aromatic carbocycles. The molecule has 6 heteroatoms. The third-order valence-corrected chi connectivity index (χ3v) is 4.87. The van der Waals surface area contributed by atoms with E-state index >= 15 is 0 Å². The normalized spacial score (nSPS) is 15.6. The molecule has 1 unspecified atom stereocenters. The van der Waals surface area contributed by atoms with Crippen LogP contribution < -0.4 is 0 Å². The van der Waals surface area contributed by atoms with Crippen LogP contribution in [0.1, 0.15) is 34.6 Å². The number of aryl methyl sites for hydroxylation is 2. The molecule has 0 N–H and O–H groups in total. The summed E-state index contributed by atoms with van der Waals surface area (Å²) in [6.45, 7) is 0. The van der Waals surface area contributed by atoms with Gasteiger partial charge in [0.05, 0.1) is 16.0 Å². The Kier molecular flexibility index (Phi) is 5.12. The molecule has 3 rings (SSSR count). The molecule has 132 valence electrons. The van der Waals surface area contributed by atoms with Crippen molar-refractivity contribution in [1.29, 1.82) is 0 Å². The molecule has 2 aromatic rings. The Morgan fingerprint density at radius 2 is 1.60 bits per heavy atom. The second kappa shape index (κ2) is 7.00. The van der Waals surface area contributed by atoms with Gasteiger partial charge in [-0.05, 0) is 53.6 Å². The van der Waals surface area contributed by atoms with Crippen LogP contribution in [0.2, 0.25) is 10.0 Å². The van der Waals surface area contributed by atoms with Gasteiger partial charge in [0.15, 0.2) is 5.82 Å². The average molecular weight is 389 g/mol. The maximum absolute atomic E-state index is 13.5. The zero-order valence-corrected chi connectivity index (χ0v) is 14.5. The molecule has 0 bridgehead atoms. The molecule has 0 aliphatic heterocycles. The molecular formula is C19H14Cl2F4. The third-order valence-electron chi connectivity index (χ3n) is 4.32. The maximum Gasteiger partial charge on any atom is 0.399 e. The van der Waals surface area contributed by atoms with Gasteiger partial charge in [-0.3, -0.25) is 0 Å². The number of hydrogen-bond acceptors (Lipinski definition) is 0. The smallest absolute Gasteiger partial charge is 0.204 e. The molecule has 1 atom stereocenters. The molecule has 0 fully saturated rings. The van der Waals surface area contributed by atoms with Crippen molar-refractivity contribution in [3.8, 4) is 0 Å². The van der Waals surface area contributed by atoms with Crippen molar-refractivity contribution in [3.63, 3.8) is 0 Å². The molecule has 0 spiro atoms. The standard InChI is InChI=1S/C19H14Cl2F4/c20-16-9-14(10-17(21)18(16)22)15(19(23,24)25)7-5-11-4-6-12-2-1-3-13(12)8-11/h4-10,15H,1-3H2. The van der Waals surface area contributed by atoms with E-state index in [1.165, 1.54) is 17.2 Å². The van der Waals surface area contributed by atoms with Gasteiger partial charge < -0.3 is 0 Å². The number of rotatable bonds is 3. The third kappa shape index (κ3) is 4.01. The second-order valence-electron chi connectivity index (χ2n) is 6.06.